The monoisotopic (exact) mass is 630 g/mol. The first-order chi connectivity index (χ1) is 21.3. The van der Waals surface area contributed by atoms with Gasteiger partial charge in [0.2, 0.25) is 23.4 Å². The highest BCUT2D eigenvalue weighted by Crippen LogP contribution is 2.34. The Morgan fingerprint density at radius 1 is 1.29 bits per heavy atom. The summed E-state index contributed by atoms with van der Waals surface area (Å²) in [4.78, 5) is 43.5. The molecule has 1 saturated heterocycles. The van der Waals surface area contributed by atoms with Gasteiger partial charge < -0.3 is 40.8 Å². The molecule has 5 heterocycles. The smallest absolute Gasteiger partial charge is 0.408 e. The van der Waals surface area contributed by atoms with E-state index in [1.54, 1.807) is 38.1 Å². The van der Waals surface area contributed by atoms with Gasteiger partial charge in [-0.3, -0.25) is 9.59 Å². The van der Waals surface area contributed by atoms with Crippen LogP contribution in [0.3, 0.4) is 0 Å². The number of carbonyl (C=O) groups is 2. The molecule has 0 spiro atoms. The Bertz CT molecular complexity index is 1570. The number of hydroxylamine groups is 3. The zero-order valence-corrected chi connectivity index (χ0v) is 25.1. The minimum absolute atomic E-state index is 0.00966. The number of carbonyl (C=O) groups excluding carboxylic acids is 2. The van der Waals surface area contributed by atoms with Gasteiger partial charge in [0.25, 0.3) is 5.91 Å². The lowest BCUT2D eigenvalue weighted by atomic mass is 10.2. The highest BCUT2D eigenvalue weighted by molar-refractivity contribution is 5.98. The van der Waals surface area contributed by atoms with Crippen LogP contribution >= 0.6 is 0 Å². The molecule has 1 unspecified atom stereocenters. The first-order valence-corrected chi connectivity index (χ1v) is 14.2. The summed E-state index contributed by atoms with van der Waals surface area (Å²) in [5.41, 5.74) is 1.74. The molecule has 2 amide bonds. The van der Waals surface area contributed by atoms with Crippen LogP contribution in [0.4, 0.5) is 24.9 Å². The second-order valence-corrected chi connectivity index (χ2v) is 11.1. The number of nitrogens with zero attached hydrogens (tertiary/aromatic N) is 7. The largest absolute Gasteiger partial charge is 0.628 e. The lowest BCUT2D eigenvalue weighted by Gasteiger charge is -2.29. The fraction of sp³-hybridized carbons (Fsp3) is 0.429. The van der Waals surface area contributed by atoms with Crippen LogP contribution in [-0.2, 0) is 9.59 Å². The van der Waals surface area contributed by atoms with Crippen molar-refractivity contribution >= 4 is 29.3 Å². The van der Waals surface area contributed by atoms with E-state index in [1.165, 1.54) is 36.3 Å². The number of hydrogen-bond donors (Lipinski definition) is 3. The number of nitrogens with one attached hydrogen (secondary N) is 3. The summed E-state index contributed by atoms with van der Waals surface area (Å²) >= 11 is 0. The Labute approximate surface area is 256 Å². The minimum Gasteiger partial charge on any atom is -0.628 e. The van der Waals surface area contributed by atoms with E-state index in [9.17, 15) is 33.2 Å². The van der Waals surface area contributed by atoms with Crippen molar-refractivity contribution in [3.05, 3.63) is 64.3 Å². The fourth-order valence-electron chi connectivity index (χ4n) is 5.43. The van der Waals surface area contributed by atoms with Crippen LogP contribution in [0.15, 0.2) is 53.9 Å². The Morgan fingerprint density at radius 2 is 2.00 bits per heavy atom. The van der Waals surface area contributed by atoms with Gasteiger partial charge in [-0.05, 0) is 31.9 Å². The maximum Gasteiger partial charge on any atom is 0.408 e. The van der Waals surface area contributed by atoms with Crippen molar-refractivity contribution in [2.24, 2.45) is 0 Å². The van der Waals surface area contributed by atoms with Gasteiger partial charge in [0, 0.05) is 38.5 Å². The average Bonchev–Trinajstić information content (AvgIpc) is 3.69. The first kappa shape index (κ1) is 31.6. The van der Waals surface area contributed by atoms with Crippen molar-refractivity contribution in [3.63, 3.8) is 0 Å². The van der Waals surface area contributed by atoms with Crippen LogP contribution < -0.4 is 20.6 Å². The molecule has 17 heteroatoms. The number of quaternary nitrogens is 1. The van der Waals surface area contributed by atoms with Crippen molar-refractivity contribution in [2.45, 2.75) is 44.9 Å². The Hall–Kier alpha value is -4.77. The summed E-state index contributed by atoms with van der Waals surface area (Å²) in [6, 6.07) is 2.28. The van der Waals surface area contributed by atoms with Crippen molar-refractivity contribution in [2.75, 3.05) is 44.1 Å². The molecular weight excluding hydrogens is 597 g/mol. The lowest BCUT2D eigenvalue weighted by Crippen LogP contribution is -3.03. The third kappa shape index (κ3) is 6.39. The molecule has 0 radical (unpaired) electrons. The van der Waals surface area contributed by atoms with Crippen LogP contribution in [0, 0.1) is 10.4 Å². The normalized spacial score (nSPS) is 19.6. The summed E-state index contributed by atoms with van der Waals surface area (Å²) in [5, 5.41) is 29.5. The fourth-order valence-corrected chi connectivity index (χ4v) is 5.43. The van der Waals surface area contributed by atoms with Crippen LogP contribution in [0.5, 0.6) is 0 Å². The van der Waals surface area contributed by atoms with E-state index in [2.05, 4.69) is 25.6 Å². The van der Waals surface area contributed by atoms with Crippen molar-refractivity contribution in [1.82, 2.24) is 30.1 Å². The molecule has 3 N–H and O–H groups in total. The Morgan fingerprint density at radius 3 is 2.62 bits per heavy atom. The molecule has 3 atom stereocenters. The number of amides is 2. The van der Waals surface area contributed by atoms with E-state index in [-0.39, 0.29) is 54.5 Å². The van der Waals surface area contributed by atoms with E-state index in [1.807, 2.05) is 0 Å². The predicted molar refractivity (Wildman–Crippen MR) is 157 cm³/mol. The standard InChI is InChI=1S/C28H33F3N10O4/c1-16-11-19(41(16)45)14-37(3)26(43)23-24(38(4)44)34-15-40(23)17(2)25(42)36-22-9-5-7-20(35-22)18-12-32-27(33-13-18)39-10-6-8-21(39)28(29,30)31/h5,7,9,11-13,17,21,34,38H,6,8,10,14-15H2,1-4H3,(H,35,36,42)/t17-,21-/m0/s1. The van der Waals surface area contributed by atoms with E-state index in [0.29, 0.717) is 29.1 Å². The number of likely N-dealkylation sites (N-methyl/N-ethyl adjacent to an activating group) is 1. The topological polar surface area (TPSA) is 160 Å². The van der Waals surface area contributed by atoms with Gasteiger partial charge in [-0.25, -0.2) is 15.0 Å². The highest BCUT2D eigenvalue weighted by atomic mass is 19.4. The second kappa shape index (κ2) is 12.3. The molecule has 14 nitrogen and oxygen atoms in total. The van der Waals surface area contributed by atoms with Gasteiger partial charge in [0.15, 0.2) is 11.4 Å². The summed E-state index contributed by atoms with van der Waals surface area (Å²) in [7, 11) is 2.81. The second-order valence-electron chi connectivity index (χ2n) is 11.1. The third-order valence-electron chi connectivity index (χ3n) is 7.88. The minimum atomic E-state index is -4.38. The van der Waals surface area contributed by atoms with Gasteiger partial charge >= 0.3 is 6.18 Å². The third-order valence-corrected chi connectivity index (χ3v) is 7.88. The maximum absolute atomic E-state index is 13.5. The number of pyridine rings is 1. The highest BCUT2D eigenvalue weighted by Gasteiger charge is 2.47. The molecule has 3 aliphatic rings. The molecular formula is C28H33F3N10O4. The SMILES string of the molecule is CC1=[N+]([O-])C(CN(C)C(=O)C2=C([NH+](C)[O-])NCN2[C@@H](C)C(=O)Nc2cccc(-c3cnc(N4CCC[C@H]4C(F)(F)F)nc3)n2)=C1. The molecule has 0 saturated carbocycles. The average molecular weight is 631 g/mol. The summed E-state index contributed by atoms with van der Waals surface area (Å²) in [6.07, 6.45) is 0.422. The zero-order valence-electron chi connectivity index (χ0n) is 25.1. The summed E-state index contributed by atoms with van der Waals surface area (Å²) in [6.45, 7) is 3.46. The number of allylic oxidation sites excluding steroid dienone is 1. The van der Waals surface area contributed by atoms with Crippen molar-refractivity contribution < 1.29 is 32.6 Å². The summed E-state index contributed by atoms with van der Waals surface area (Å²) < 4.78 is 40.9. The van der Waals surface area contributed by atoms with Crippen LogP contribution in [0.25, 0.3) is 11.3 Å². The molecule has 5 rings (SSSR count). The molecule has 0 bridgehead atoms. The zero-order chi connectivity index (χ0) is 32.6. The van der Waals surface area contributed by atoms with Gasteiger partial charge in [0.1, 0.15) is 24.4 Å². The number of anilines is 2. The molecule has 3 aliphatic heterocycles. The van der Waals surface area contributed by atoms with E-state index in [0.717, 1.165) is 9.64 Å². The van der Waals surface area contributed by atoms with Gasteiger partial charge in [-0.1, -0.05) is 6.07 Å². The molecule has 1 fully saturated rings. The van der Waals surface area contributed by atoms with Gasteiger partial charge in [-0.2, -0.15) is 17.9 Å². The molecule has 2 aromatic rings. The van der Waals surface area contributed by atoms with Crippen molar-refractivity contribution in [1.29, 1.82) is 0 Å². The molecule has 2 aromatic heterocycles. The van der Waals surface area contributed by atoms with E-state index < -0.39 is 30.1 Å². The maximum atomic E-state index is 13.5. The number of alkyl halides is 3. The van der Waals surface area contributed by atoms with Crippen LogP contribution in [0.2, 0.25) is 0 Å². The van der Waals surface area contributed by atoms with Crippen LogP contribution in [0.1, 0.15) is 26.7 Å². The lowest BCUT2D eigenvalue weighted by molar-refractivity contribution is -0.786. The molecule has 45 heavy (non-hydrogen) atoms. The Balaban J connectivity index is 1.28. The number of rotatable bonds is 9. The van der Waals surface area contributed by atoms with Crippen molar-refractivity contribution in [3.8, 4) is 11.3 Å². The first-order valence-electron chi connectivity index (χ1n) is 14.2. The Kier molecular flexibility index (Phi) is 8.66. The number of hydrogen-bond acceptors (Lipinski definition) is 10. The van der Waals surface area contributed by atoms with E-state index >= 15 is 0 Å². The molecule has 240 valence electrons. The summed E-state index contributed by atoms with van der Waals surface area (Å²) in [5.74, 6) is -0.835. The predicted octanol–water partition coefficient (Wildman–Crippen LogP) is 0.768. The molecule has 0 aliphatic carbocycles. The number of aromatic nitrogens is 3. The van der Waals surface area contributed by atoms with Gasteiger partial charge in [0.05, 0.1) is 25.5 Å². The number of halogens is 3. The quantitative estimate of drug-likeness (QED) is 0.205. The van der Waals surface area contributed by atoms with Crippen LogP contribution in [-0.4, -0.2) is 99.1 Å². The molecule has 0 aromatic carbocycles. The van der Waals surface area contributed by atoms with E-state index in [4.69, 9.17) is 0 Å². The van der Waals surface area contributed by atoms with Gasteiger partial charge in [-0.15, -0.1) is 0 Å².